The van der Waals surface area contributed by atoms with E-state index in [1.807, 2.05) is 42.5 Å². The van der Waals surface area contributed by atoms with Crippen LogP contribution in [0.15, 0.2) is 48.5 Å². The molecule has 0 fully saturated rings. The highest BCUT2D eigenvalue weighted by atomic mass is 16.3. The number of aryl methyl sites for hydroxylation is 2. The van der Waals surface area contributed by atoms with Crippen molar-refractivity contribution < 1.29 is 9.90 Å². The van der Waals surface area contributed by atoms with Gasteiger partial charge in [-0.15, -0.1) is 0 Å². The van der Waals surface area contributed by atoms with Crippen molar-refractivity contribution in [1.29, 1.82) is 0 Å². The maximum Gasteiger partial charge on any atom is 0.163 e. The van der Waals surface area contributed by atoms with Crippen LogP contribution in [0.25, 0.3) is 0 Å². The molecule has 2 aliphatic carbocycles. The van der Waals surface area contributed by atoms with Gasteiger partial charge in [-0.1, -0.05) is 48.5 Å². The minimum absolute atomic E-state index is 0.208. The highest BCUT2D eigenvalue weighted by Crippen LogP contribution is 2.28. The Kier molecular flexibility index (Phi) is 4.69. The summed E-state index contributed by atoms with van der Waals surface area (Å²) in [6.45, 7) is 0. The Hall–Kier alpha value is -1.93. The second-order valence-electron chi connectivity index (χ2n) is 6.04. The number of ketones is 1. The first-order valence-corrected chi connectivity index (χ1v) is 8.12. The second-order valence-corrected chi connectivity index (χ2v) is 6.04. The van der Waals surface area contributed by atoms with E-state index in [1.54, 1.807) is 0 Å². The molecule has 2 heteroatoms. The normalized spacial score (nSPS) is 19.5. The van der Waals surface area contributed by atoms with E-state index in [9.17, 15) is 9.90 Å². The van der Waals surface area contributed by atoms with Crippen LogP contribution in [-0.4, -0.2) is 10.9 Å². The largest absolute Gasteiger partial charge is 0.388 e. The second kappa shape index (κ2) is 6.89. The lowest BCUT2D eigenvalue weighted by molar-refractivity contribution is 0.0972. The summed E-state index contributed by atoms with van der Waals surface area (Å²) in [5.74, 6) is 0.312. The van der Waals surface area contributed by atoms with Crippen LogP contribution in [0.2, 0.25) is 0 Å². The molecule has 2 nitrogen and oxygen atoms in total. The average Bonchev–Trinajstić information content (AvgIpc) is 2.57. The molecule has 4 rings (SSSR count). The third-order valence-electron chi connectivity index (χ3n) is 4.51. The summed E-state index contributed by atoms with van der Waals surface area (Å²) in [5, 5.41) is 9.56. The van der Waals surface area contributed by atoms with E-state index in [0.29, 0.717) is 5.78 Å². The van der Waals surface area contributed by atoms with Crippen molar-refractivity contribution in [2.75, 3.05) is 0 Å². The van der Waals surface area contributed by atoms with Gasteiger partial charge in [0.2, 0.25) is 0 Å². The quantitative estimate of drug-likeness (QED) is 0.788. The Morgan fingerprint density at radius 1 is 0.818 bits per heavy atom. The van der Waals surface area contributed by atoms with Crippen molar-refractivity contribution >= 4 is 5.78 Å². The fraction of sp³-hybridized carbons (Fsp3) is 0.350. The highest BCUT2D eigenvalue weighted by Gasteiger charge is 2.16. The number of Topliss-reactive ketones (excluding diaryl/α,β-unsaturated/α-hetero) is 1. The van der Waals surface area contributed by atoms with E-state index in [4.69, 9.17) is 0 Å². The summed E-state index contributed by atoms with van der Waals surface area (Å²) in [4.78, 5) is 11.3. The molecule has 0 spiro atoms. The summed E-state index contributed by atoms with van der Waals surface area (Å²) >= 11 is 0. The zero-order valence-electron chi connectivity index (χ0n) is 12.8. The lowest BCUT2D eigenvalue weighted by Crippen LogP contribution is -2.09. The van der Waals surface area contributed by atoms with Crippen LogP contribution in [-0.2, 0) is 12.8 Å². The molecule has 2 aromatic carbocycles. The maximum absolute atomic E-state index is 11.3. The van der Waals surface area contributed by atoms with E-state index in [0.717, 1.165) is 49.7 Å². The van der Waals surface area contributed by atoms with Gasteiger partial charge in [0.25, 0.3) is 0 Å². The molecular formula is C20H22O2. The third-order valence-corrected chi connectivity index (χ3v) is 4.51. The zero-order valence-corrected chi connectivity index (χ0v) is 12.8. The van der Waals surface area contributed by atoms with Gasteiger partial charge in [-0.05, 0) is 48.8 Å². The summed E-state index contributed by atoms with van der Waals surface area (Å²) in [5.41, 5.74) is 4.63. The molecule has 1 atom stereocenters. The predicted molar refractivity (Wildman–Crippen MR) is 88.1 cm³/mol. The van der Waals surface area contributed by atoms with E-state index in [1.165, 1.54) is 11.1 Å². The Labute approximate surface area is 131 Å². The number of fused-ring (bicyclic) bond motifs is 2. The molecule has 0 heterocycles. The number of benzene rings is 2. The number of hydrogen-bond donors (Lipinski definition) is 1. The maximum atomic E-state index is 11.3. The first-order chi connectivity index (χ1) is 10.8. The van der Waals surface area contributed by atoms with Crippen LogP contribution >= 0.6 is 0 Å². The van der Waals surface area contributed by atoms with Crippen molar-refractivity contribution in [2.45, 2.75) is 44.6 Å². The van der Waals surface area contributed by atoms with Crippen LogP contribution in [0.4, 0.5) is 0 Å². The third kappa shape index (κ3) is 3.28. The number of carbonyl (C=O) groups excluding carboxylic acids is 1. The first-order valence-electron chi connectivity index (χ1n) is 8.12. The number of carbonyl (C=O) groups is 1. The van der Waals surface area contributed by atoms with Gasteiger partial charge in [0.05, 0.1) is 6.10 Å². The molecule has 1 unspecified atom stereocenters. The van der Waals surface area contributed by atoms with Crippen LogP contribution in [0.3, 0.4) is 0 Å². The van der Waals surface area contributed by atoms with Crippen molar-refractivity contribution in [2.24, 2.45) is 0 Å². The molecule has 0 amide bonds. The van der Waals surface area contributed by atoms with Crippen LogP contribution in [0.1, 0.15) is 58.8 Å². The van der Waals surface area contributed by atoms with Gasteiger partial charge in [-0.25, -0.2) is 0 Å². The standard InChI is InChI=1S/C10H12O.C10H10O/c2*11-10-7-3-5-8-4-1-2-6-9(8)10/h1-2,4,6,10-11H,3,5,7H2;1-2,4,6H,3,5,7H2. The van der Waals surface area contributed by atoms with Crippen molar-refractivity contribution in [1.82, 2.24) is 0 Å². The number of rotatable bonds is 0. The van der Waals surface area contributed by atoms with Crippen molar-refractivity contribution in [3.05, 3.63) is 70.8 Å². The van der Waals surface area contributed by atoms with Gasteiger partial charge < -0.3 is 5.11 Å². The lowest BCUT2D eigenvalue weighted by atomic mass is 9.90. The monoisotopic (exact) mass is 294 g/mol. The average molecular weight is 294 g/mol. The van der Waals surface area contributed by atoms with E-state index in [-0.39, 0.29) is 6.10 Å². The molecule has 1 N–H and O–H groups in total. The Balaban J connectivity index is 0.000000131. The first kappa shape index (κ1) is 15.0. The molecule has 2 aliphatic rings. The number of aliphatic hydroxyl groups is 1. The van der Waals surface area contributed by atoms with Crippen molar-refractivity contribution in [3.8, 4) is 0 Å². The number of aliphatic hydroxyl groups excluding tert-OH is 1. The smallest absolute Gasteiger partial charge is 0.163 e. The van der Waals surface area contributed by atoms with Gasteiger partial charge >= 0.3 is 0 Å². The Bertz CT molecular complexity index is 660. The summed E-state index contributed by atoms with van der Waals surface area (Å²) in [6.07, 6.45) is 5.80. The van der Waals surface area contributed by atoms with Gasteiger partial charge in [0.1, 0.15) is 0 Å². The van der Waals surface area contributed by atoms with E-state index >= 15 is 0 Å². The lowest BCUT2D eigenvalue weighted by Gasteiger charge is -2.20. The van der Waals surface area contributed by atoms with Gasteiger partial charge in [0.15, 0.2) is 5.78 Å². The van der Waals surface area contributed by atoms with Crippen LogP contribution < -0.4 is 0 Å². The SMILES string of the molecule is O=C1CCCc2ccccc21.OC1CCCc2ccccc21. The fourth-order valence-corrected chi connectivity index (χ4v) is 3.31. The molecule has 0 bridgehead atoms. The predicted octanol–water partition coefficient (Wildman–Crippen LogP) is 4.26. The molecule has 0 aliphatic heterocycles. The minimum atomic E-state index is -0.208. The molecule has 22 heavy (non-hydrogen) atoms. The van der Waals surface area contributed by atoms with Crippen molar-refractivity contribution in [3.63, 3.8) is 0 Å². The summed E-state index contributed by atoms with van der Waals surface area (Å²) in [7, 11) is 0. The summed E-state index contributed by atoms with van der Waals surface area (Å²) < 4.78 is 0. The van der Waals surface area contributed by atoms with E-state index < -0.39 is 0 Å². The molecule has 2 aromatic rings. The van der Waals surface area contributed by atoms with Crippen LogP contribution in [0, 0.1) is 0 Å². The molecule has 114 valence electrons. The van der Waals surface area contributed by atoms with Gasteiger partial charge in [0, 0.05) is 12.0 Å². The Morgan fingerprint density at radius 2 is 1.50 bits per heavy atom. The fourth-order valence-electron chi connectivity index (χ4n) is 3.31. The molecular weight excluding hydrogens is 272 g/mol. The van der Waals surface area contributed by atoms with Crippen LogP contribution in [0.5, 0.6) is 0 Å². The zero-order chi connectivity index (χ0) is 15.4. The number of hydrogen-bond acceptors (Lipinski definition) is 2. The summed E-state index contributed by atoms with van der Waals surface area (Å²) in [6, 6.07) is 16.1. The van der Waals surface area contributed by atoms with Gasteiger partial charge in [-0.2, -0.15) is 0 Å². The minimum Gasteiger partial charge on any atom is -0.388 e. The highest BCUT2D eigenvalue weighted by molar-refractivity contribution is 5.98. The topological polar surface area (TPSA) is 37.3 Å². The molecule has 0 saturated heterocycles. The molecule has 0 aromatic heterocycles. The molecule has 0 saturated carbocycles. The van der Waals surface area contributed by atoms with E-state index in [2.05, 4.69) is 6.07 Å². The molecule has 0 radical (unpaired) electrons. The van der Waals surface area contributed by atoms with Gasteiger partial charge in [-0.3, -0.25) is 4.79 Å². The Morgan fingerprint density at radius 3 is 2.27 bits per heavy atom.